The van der Waals surface area contributed by atoms with E-state index in [0.717, 1.165) is 51.4 Å². The SMILES string of the molecule is CCCCOCC1O[C@@H](OC2C(O)C(N=[N+]=[N-])[C@@H](O[Si](C)(C)C(C)(C)C(C)C)O[C@H]2C)C(OCCCC)C(OCCCC)[C@@H]1OCCCC. The molecule has 2 aliphatic heterocycles. The Morgan fingerprint density at radius 3 is 1.86 bits per heavy atom. The molecule has 0 saturated carbocycles. The molecule has 2 fully saturated rings. The molecule has 0 amide bonds. The third kappa shape index (κ3) is 12.7. The van der Waals surface area contributed by atoms with Crippen LogP contribution in [-0.2, 0) is 37.6 Å². The molecule has 2 saturated heterocycles. The molecule has 0 aromatic carbocycles. The van der Waals surface area contributed by atoms with Gasteiger partial charge in [-0.25, -0.2) is 0 Å². The Balaban J connectivity index is 2.46. The first-order valence-corrected chi connectivity index (χ1v) is 22.0. The fraction of sp³-hybridized carbons (Fsp3) is 1.00. The van der Waals surface area contributed by atoms with Crippen molar-refractivity contribution < 1.29 is 42.7 Å². The van der Waals surface area contributed by atoms with Gasteiger partial charge in [0.25, 0.3) is 0 Å². The molecule has 0 aliphatic carbocycles. The van der Waals surface area contributed by atoms with Crippen LogP contribution < -0.4 is 0 Å². The van der Waals surface area contributed by atoms with Crippen LogP contribution in [0.25, 0.3) is 10.4 Å². The highest BCUT2D eigenvalue weighted by molar-refractivity contribution is 6.74. The van der Waals surface area contributed by atoms with Gasteiger partial charge >= 0.3 is 0 Å². The lowest BCUT2D eigenvalue weighted by Crippen LogP contribution is -2.65. The van der Waals surface area contributed by atoms with Gasteiger partial charge < -0.3 is 42.7 Å². The molecule has 0 radical (unpaired) electrons. The normalized spacial score (nSPS) is 31.2. The van der Waals surface area contributed by atoms with E-state index in [4.69, 9.17) is 37.6 Å². The maximum absolute atomic E-state index is 11.8. The summed E-state index contributed by atoms with van der Waals surface area (Å²) in [7, 11) is -2.43. The van der Waals surface area contributed by atoms with Crippen LogP contribution in [0, 0.1) is 5.92 Å². The van der Waals surface area contributed by atoms with E-state index < -0.39 is 69.7 Å². The summed E-state index contributed by atoms with van der Waals surface area (Å²) in [5.41, 5.74) is 9.56. The molecule has 12 nitrogen and oxygen atoms in total. The predicted octanol–water partition coefficient (Wildman–Crippen LogP) is 7.91. The summed E-state index contributed by atoms with van der Waals surface area (Å²) in [5.74, 6) is 0.350. The average molecular weight is 718 g/mol. The zero-order chi connectivity index (χ0) is 36.6. The smallest absolute Gasteiger partial charge is 0.196 e. The minimum absolute atomic E-state index is 0.117. The standard InChI is InChI=1S/C36H71N3O9Si/c1-12-16-20-41-24-27-31(42-21-17-13-2)32(43-22-18-14-3)33(44-23-19-15-4)35(46-27)47-30-26(7)45-34(28(29(30)40)38-39-37)48-49(10,11)36(8,9)25(5)6/h25-35,40H,12-24H2,1-11H3/t26-,27?,28?,29?,30?,31+,32?,33?,34+,35-/m0/s1. The Morgan fingerprint density at radius 1 is 0.796 bits per heavy atom. The van der Waals surface area contributed by atoms with Gasteiger partial charge in [-0.3, -0.25) is 0 Å². The third-order valence-electron chi connectivity index (χ3n) is 10.6. The summed E-state index contributed by atoms with van der Waals surface area (Å²) in [6.45, 7) is 25.8. The molecule has 13 heteroatoms. The highest BCUT2D eigenvalue weighted by Gasteiger charge is 2.54. The van der Waals surface area contributed by atoms with E-state index in [0.29, 0.717) is 39.0 Å². The monoisotopic (exact) mass is 717 g/mol. The van der Waals surface area contributed by atoms with Crippen molar-refractivity contribution in [3.63, 3.8) is 0 Å². The molecule has 0 bridgehead atoms. The van der Waals surface area contributed by atoms with Crippen molar-refractivity contribution in [3.8, 4) is 0 Å². The topological polar surface area (TPSA) is 143 Å². The second kappa shape index (κ2) is 22.3. The van der Waals surface area contributed by atoms with E-state index in [2.05, 4.69) is 78.5 Å². The first-order chi connectivity index (χ1) is 23.3. The molecule has 0 aromatic heterocycles. The van der Waals surface area contributed by atoms with Crippen LogP contribution in [0.1, 0.15) is 114 Å². The van der Waals surface area contributed by atoms with Crippen LogP contribution in [0.3, 0.4) is 0 Å². The molecule has 0 aromatic rings. The van der Waals surface area contributed by atoms with E-state index in [1.54, 1.807) is 0 Å². The summed E-state index contributed by atoms with van der Waals surface area (Å²) in [6, 6.07) is -1.03. The summed E-state index contributed by atoms with van der Waals surface area (Å²) in [5, 5.41) is 15.7. The molecule has 2 heterocycles. The largest absolute Gasteiger partial charge is 0.392 e. The lowest BCUT2D eigenvalue weighted by Gasteiger charge is -2.50. The molecule has 49 heavy (non-hydrogen) atoms. The van der Waals surface area contributed by atoms with Crippen molar-refractivity contribution in [1.29, 1.82) is 0 Å². The van der Waals surface area contributed by atoms with E-state index >= 15 is 0 Å². The van der Waals surface area contributed by atoms with Crippen molar-refractivity contribution >= 4 is 8.32 Å². The lowest BCUT2D eigenvalue weighted by atomic mass is 9.96. The van der Waals surface area contributed by atoms with Crippen molar-refractivity contribution in [2.45, 2.75) is 193 Å². The van der Waals surface area contributed by atoms with Crippen LogP contribution in [0.2, 0.25) is 18.1 Å². The molecule has 2 aliphatic rings. The van der Waals surface area contributed by atoms with Crippen LogP contribution >= 0.6 is 0 Å². The number of ether oxygens (including phenoxy) is 7. The van der Waals surface area contributed by atoms with Crippen LogP contribution in [0.4, 0.5) is 0 Å². The summed E-state index contributed by atoms with van der Waals surface area (Å²) < 4.78 is 52.2. The van der Waals surface area contributed by atoms with Gasteiger partial charge in [0.1, 0.15) is 36.6 Å². The number of aliphatic hydroxyl groups is 1. The van der Waals surface area contributed by atoms with Crippen LogP contribution in [0.5, 0.6) is 0 Å². The zero-order valence-electron chi connectivity index (χ0n) is 32.6. The van der Waals surface area contributed by atoms with E-state index in [1.807, 2.05) is 6.92 Å². The maximum Gasteiger partial charge on any atom is 0.196 e. The number of azide groups is 1. The van der Waals surface area contributed by atoms with Gasteiger partial charge in [0.2, 0.25) is 0 Å². The van der Waals surface area contributed by atoms with Gasteiger partial charge in [-0.15, -0.1) is 0 Å². The van der Waals surface area contributed by atoms with Crippen LogP contribution in [0.15, 0.2) is 5.11 Å². The molecular weight excluding hydrogens is 646 g/mol. The fourth-order valence-electron chi connectivity index (χ4n) is 5.99. The number of aliphatic hydroxyl groups excluding tert-OH is 1. The molecule has 288 valence electrons. The minimum Gasteiger partial charge on any atom is -0.392 e. The number of rotatable bonds is 24. The molecule has 2 rings (SSSR count). The molecule has 10 atom stereocenters. The second-order valence-electron chi connectivity index (χ2n) is 15.0. The van der Waals surface area contributed by atoms with Crippen LogP contribution in [-0.4, -0.2) is 108 Å². The summed E-state index contributed by atoms with van der Waals surface area (Å²) in [4.78, 5) is 3.07. The fourth-order valence-corrected chi connectivity index (χ4v) is 8.46. The Bertz CT molecular complexity index is 955. The maximum atomic E-state index is 11.8. The first-order valence-electron chi connectivity index (χ1n) is 19.1. The van der Waals surface area contributed by atoms with Gasteiger partial charge in [0, 0.05) is 31.3 Å². The number of hydrogen-bond acceptors (Lipinski definition) is 10. The zero-order valence-corrected chi connectivity index (χ0v) is 33.6. The highest BCUT2D eigenvalue weighted by atomic mass is 28.4. The summed E-state index contributed by atoms with van der Waals surface area (Å²) >= 11 is 0. The number of hydrogen-bond donors (Lipinski definition) is 1. The number of nitrogens with zero attached hydrogens (tertiary/aromatic N) is 3. The third-order valence-corrected chi connectivity index (χ3v) is 15.1. The van der Waals surface area contributed by atoms with E-state index in [-0.39, 0.29) is 5.04 Å². The van der Waals surface area contributed by atoms with Gasteiger partial charge in [-0.1, -0.05) is 86.2 Å². The average Bonchev–Trinajstić information content (AvgIpc) is 3.05. The Kier molecular flexibility index (Phi) is 20.2. The Hall–Kier alpha value is -0.833. The lowest BCUT2D eigenvalue weighted by molar-refractivity contribution is -0.353. The van der Waals surface area contributed by atoms with Gasteiger partial charge in [-0.05, 0) is 62.2 Å². The molecule has 6 unspecified atom stereocenters. The highest BCUT2D eigenvalue weighted by Crippen LogP contribution is 2.46. The van der Waals surface area contributed by atoms with E-state index in [9.17, 15) is 10.6 Å². The van der Waals surface area contributed by atoms with Crippen molar-refractivity contribution in [2.24, 2.45) is 11.0 Å². The molecular formula is C36H71N3O9Si. The second-order valence-corrected chi connectivity index (χ2v) is 19.6. The molecule has 0 spiro atoms. The summed E-state index contributed by atoms with van der Waals surface area (Å²) in [6.07, 6.45) is 0.855. The quantitative estimate of drug-likeness (QED) is 0.0346. The number of unbranched alkanes of at least 4 members (excludes halogenated alkanes) is 4. The van der Waals surface area contributed by atoms with Crippen molar-refractivity contribution in [1.82, 2.24) is 0 Å². The first kappa shape index (κ1) is 44.3. The predicted molar refractivity (Wildman–Crippen MR) is 194 cm³/mol. The van der Waals surface area contributed by atoms with Gasteiger partial charge in [0.05, 0.1) is 18.8 Å². The van der Waals surface area contributed by atoms with Gasteiger partial charge in [0.15, 0.2) is 20.9 Å². The Labute approximate surface area is 298 Å². The van der Waals surface area contributed by atoms with Gasteiger partial charge in [-0.2, -0.15) is 0 Å². The van der Waals surface area contributed by atoms with Crippen molar-refractivity contribution in [2.75, 3.05) is 33.0 Å². The van der Waals surface area contributed by atoms with Crippen molar-refractivity contribution in [3.05, 3.63) is 10.4 Å². The minimum atomic E-state index is -2.43. The Morgan fingerprint density at radius 2 is 1.33 bits per heavy atom. The molecule has 1 N–H and O–H groups in total. The van der Waals surface area contributed by atoms with E-state index in [1.165, 1.54) is 0 Å².